The quantitative estimate of drug-likeness (QED) is 0.411. The van der Waals surface area contributed by atoms with Crippen LogP contribution in [0.2, 0.25) is 5.02 Å². The molecule has 2 aromatic carbocycles. The van der Waals surface area contributed by atoms with Crippen molar-refractivity contribution >= 4 is 38.9 Å². The molecule has 0 bridgehead atoms. The largest absolute Gasteiger partial charge is 0.437 e. The van der Waals surface area contributed by atoms with Crippen LogP contribution in [0, 0.1) is 18.8 Å². The predicted molar refractivity (Wildman–Crippen MR) is 130 cm³/mol. The van der Waals surface area contributed by atoms with Gasteiger partial charge in [0.1, 0.15) is 11.4 Å². The second-order valence-electron chi connectivity index (χ2n) is 7.45. The summed E-state index contributed by atoms with van der Waals surface area (Å²) in [6.07, 6.45) is -3.41. The van der Waals surface area contributed by atoms with E-state index in [1.807, 2.05) is 0 Å². The number of halogens is 4. The number of sulfonamides is 1. The third kappa shape index (κ3) is 6.27. The minimum absolute atomic E-state index is 0.0897. The van der Waals surface area contributed by atoms with Gasteiger partial charge in [0, 0.05) is 18.9 Å². The van der Waals surface area contributed by atoms with E-state index in [1.165, 1.54) is 29.3 Å². The molecule has 0 aliphatic rings. The summed E-state index contributed by atoms with van der Waals surface area (Å²) >= 11 is 5.60. The monoisotopic (exact) mass is 537 g/mol. The van der Waals surface area contributed by atoms with Crippen molar-refractivity contribution in [3.63, 3.8) is 0 Å². The number of alkyl halides is 3. The average Bonchev–Trinajstić information content (AvgIpc) is 2.80. The summed E-state index contributed by atoms with van der Waals surface area (Å²) in [5.74, 6) is 4.67. The van der Waals surface area contributed by atoms with Gasteiger partial charge in [0.25, 0.3) is 10.0 Å². The summed E-state index contributed by atoms with van der Waals surface area (Å²) in [4.78, 5) is 16.7. The Morgan fingerprint density at radius 3 is 2.42 bits per heavy atom. The van der Waals surface area contributed by atoms with Crippen LogP contribution in [0.25, 0.3) is 0 Å². The molecule has 188 valence electrons. The number of ether oxygens (including phenoxy) is 1. The molecule has 1 aromatic heterocycles. The Hall–Kier alpha value is -3.75. The van der Waals surface area contributed by atoms with Gasteiger partial charge in [0.2, 0.25) is 5.88 Å². The number of anilines is 2. The lowest BCUT2D eigenvalue weighted by atomic mass is 10.2. The molecule has 1 heterocycles. The first-order valence-electron chi connectivity index (χ1n) is 10.2. The van der Waals surface area contributed by atoms with Gasteiger partial charge in [0.15, 0.2) is 0 Å². The Labute approximate surface area is 210 Å². The number of rotatable bonds is 6. The summed E-state index contributed by atoms with van der Waals surface area (Å²) in [5, 5.41) is -0.625. The van der Waals surface area contributed by atoms with Gasteiger partial charge in [-0.25, -0.2) is 13.4 Å². The smallest absolute Gasteiger partial charge is 0.417 e. The van der Waals surface area contributed by atoms with Gasteiger partial charge < -0.3 is 9.64 Å². The van der Waals surface area contributed by atoms with E-state index in [9.17, 15) is 26.4 Å². The fourth-order valence-electron chi connectivity index (χ4n) is 2.96. The molecule has 36 heavy (non-hydrogen) atoms. The van der Waals surface area contributed by atoms with E-state index in [0.717, 1.165) is 12.1 Å². The lowest BCUT2D eigenvalue weighted by molar-refractivity contribution is -0.137. The number of aromatic nitrogens is 1. The maximum absolute atomic E-state index is 13.2. The lowest BCUT2D eigenvalue weighted by Gasteiger charge is -2.16. The molecule has 0 unspecified atom stereocenters. The second kappa shape index (κ2) is 10.5. The molecular weight excluding hydrogens is 519 g/mol. The number of pyridine rings is 1. The second-order valence-corrected chi connectivity index (χ2v) is 9.54. The highest BCUT2D eigenvalue weighted by Gasteiger charge is 2.34. The molecule has 3 aromatic rings. The first-order chi connectivity index (χ1) is 16.8. The highest BCUT2D eigenvalue weighted by molar-refractivity contribution is 7.92. The van der Waals surface area contributed by atoms with Crippen molar-refractivity contribution in [1.29, 1.82) is 0 Å². The van der Waals surface area contributed by atoms with Crippen LogP contribution < -0.4 is 14.4 Å². The van der Waals surface area contributed by atoms with Crippen LogP contribution >= 0.6 is 11.6 Å². The fraction of sp³-hybridized carbons (Fsp3) is 0.167. The van der Waals surface area contributed by atoms with Crippen molar-refractivity contribution in [2.75, 3.05) is 16.7 Å². The molecule has 12 heteroatoms. The van der Waals surface area contributed by atoms with Crippen LogP contribution in [0.4, 0.5) is 24.5 Å². The summed E-state index contributed by atoms with van der Waals surface area (Å²) in [5.41, 5.74) is -0.261. The normalized spacial score (nSPS) is 11.3. The Kier molecular flexibility index (Phi) is 7.81. The van der Waals surface area contributed by atoms with E-state index in [2.05, 4.69) is 21.5 Å². The molecule has 0 aliphatic heterocycles. The topological polar surface area (TPSA) is 88.6 Å². The molecule has 3 rings (SSSR count). The summed E-state index contributed by atoms with van der Waals surface area (Å²) < 4.78 is 73.3. The number of nitrogens with zero attached hydrogens (tertiary/aromatic N) is 2. The van der Waals surface area contributed by atoms with Crippen molar-refractivity contribution in [1.82, 2.24) is 4.98 Å². The molecule has 0 spiro atoms. The van der Waals surface area contributed by atoms with Crippen LogP contribution in [0.3, 0.4) is 0 Å². The molecule has 0 saturated carbocycles. The van der Waals surface area contributed by atoms with E-state index >= 15 is 0 Å². The van der Waals surface area contributed by atoms with Crippen molar-refractivity contribution < 1.29 is 31.1 Å². The highest BCUT2D eigenvalue weighted by Crippen LogP contribution is 2.37. The van der Waals surface area contributed by atoms with Gasteiger partial charge in [-0.15, -0.1) is 0 Å². The van der Waals surface area contributed by atoms with E-state index in [0.29, 0.717) is 17.3 Å². The van der Waals surface area contributed by atoms with Crippen molar-refractivity contribution in [3.05, 3.63) is 70.9 Å². The predicted octanol–water partition coefficient (Wildman–Crippen LogP) is 5.64. The molecule has 0 aliphatic carbocycles. The van der Waals surface area contributed by atoms with Gasteiger partial charge in [-0.1, -0.05) is 17.5 Å². The summed E-state index contributed by atoms with van der Waals surface area (Å²) in [7, 11) is -2.91. The molecule has 7 nitrogen and oxygen atoms in total. The molecule has 0 atom stereocenters. The Balaban J connectivity index is 1.89. The van der Waals surface area contributed by atoms with Crippen LogP contribution in [0.1, 0.15) is 18.1 Å². The van der Waals surface area contributed by atoms with Gasteiger partial charge in [-0.05, 0) is 73.9 Å². The first-order valence-corrected chi connectivity index (χ1v) is 12.0. The van der Waals surface area contributed by atoms with E-state index in [1.54, 1.807) is 33.0 Å². The number of hydrogen-bond acceptors (Lipinski definition) is 5. The van der Waals surface area contributed by atoms with Gasteiger partial charge in [-0.3, -0.25) is 9.52 Å². The van der Waals surface area contributed by atoms with Gasteiger partial charge >= 0.3 is 12.1 Å². The Bertz CT molecular complexity index is 1460. The van der Waals surface area contributed by atoms with Crippen LogP contribution in [0.15, 0.2) is 59.6 Å². The van der Waals surface area contributed by atoms with Crippen molar-refractivity contribution in [2.45, 2.75) is 24.9 Å². The van der Waals surface area contributed by atoms with Gasteiger partial charge in [-0.2, -0.15) is 13.2 Å². The van der Waals surface area contributed by atoms with Crippen LogP contribution in [-0.4, -0.2) is 26.4 Å². The number of hydrogen-bond donors (Lipinski definition) is 1. The van der Waals surface area contributed by atoms with Crippen LogP contribution in [0.5, 0.6) is 11.6 Å². The zero-order valence-corrected chi connectivity index (χ0v) is 20.7. The standard InChI is InChI=1S/C24H19ClF3N3O4S/c1-4-5-22(32)31(3)16-6-8-17(9-7-16)35-23-21(12-15(2)14-29-23)30-36(33,34)18-10-11-20(25)19(13-18)24(26,27)28/h6-14,30H,1-3H3. The number of aryl methyl sites for hydroxylation is 1. The van der Waals surface area contributed by atoms with E-state index in [-0.39, 0.29) is 17.3 Å². The maximum Gasteiger partial charge on any atom is 0.417 e. The minimum atomic E-state index is -4.84. The van der Waals surface area contributed by atoms with Crippen LogP contribution in [-0.2, 0) is 21.0 Å². The molecule has 0 radical (unpaired) electrons. The first kappa shape index (κ1) is 26.8. The van der Waals surface area contributed by atoms with Crippen molar-refractivity contribution in [3.8, 4) is 23.5 Å². The van der Waals surface area contributed by atoms with Crippen molar-refractivity contribution in [2.24, 2.45) is 0 Å². The molecular formula is C24H19ClF3N3O4S. The number of amides is 1. The fourth-order valence-corrected chi connectivity index (χ4v) is 4.26. The average molecular weight is 538 g/mol. The maximum atomic E-state index is 13.2. The lowest BCUT2D eigenvalue weighted by Crippen LogP contribution is -2.24. The summed E-state index contributed by atoms with van der Waals surface area (Å²) in [6, 6.07) is 9.95. The number of benzene rings is 2. The SMILES string of the molecule is CC#CC(=O)N(C)c1ccc(Oc2ncc(C)cc2NS(=O)(=O)c2ccc(Cl)c(C(F)(F)F)c2)cc1. The minimum Gasteiger partial charge on any atom is -0.437 e. The molecule has 0 fully saturated rings. The Morgan fingerprint density at radius 2 is 1.81 bits per heavy atom. The van der Waals surface area contributed by atoms with E-state index < -0.39 is 37.6 Å². The summed E-state index contributed by atoms with van der Waals surface area (Å²) in [6.45, 7) is 3.20. The highest BCUT2D eigenvalue weighted by atomic mass is 35.5. The van der Waals surface area contributed by atoms with Gasteiger partial charge in [0.05, 0.1) is 15.5 Å². The molecule has 0 saturated heterocycles. The number of nitrogens with one attached hydrogen (secondary N) is 1. The molecule has 1 N–H and O–H groups in total. The Morgan fingerprint density at radius 1 is 1.14 bits per heavy atom. The van der Waals surface area contributed by atoms with E-state index in [4.69, 9.17) is 16.3 Å². The third-order valence-corrected chi connectivity index (χ3v) is 6.45. The third-order valence-electron chi connectivity index (χ3n) is 4.76. The zero-order chi connectivity index (χ0) is 26.7. The zero-order valence-electron chi connectivity index (χ0n) is 19.1. The number of carbonyl (C=O) groups is 1. The number of carbonyl (C=O) groups excluding carboxylic acids is 1. The molecule has 1 amide bonds.